The number of nitrogens with one attached hydrogen (secondary N) is 1. The number of hydrogen-bond donors (Lipinski definition) is 1. The molecule has 0 radical (unpaired) electrons. The average Bonchev–Trinajstić information content (AvgIpc) is 3.10. The Hall–Kier alpha value is -4.11. The van der Waals surface area contributed by atoms with Crippen LogP contribution in [0, 0.1) is 5.92 Å². The standard InChI is InChI=1S/C30H36N4O9S2/c1-30(44(3,39)40,45(4,41)42)25(35)18-33-24-16-9-8-15-23(24)27(20-11-6-5-7-12-20)32-34(29(33)38)19-26(36)31-22-14-10-13-21(17-22)28(37)43-2/h8-10,13-17,20H,5-7,11-12,18-19H2,1-4H3,(H,31,36). The van der Waals surface area contributed by atoms with Crippen molar-refractivity contribution < 1.29 is 40.8 Å². The van der Waals surface area contributed by atoms with Crippen LogP contribution in [0.3, 0.4) is 0 Å². The maximum absolute atomic E-state index is 14.1. The Bertz CT molecular complexity index is 1730. The zero-order chi connectivity index (χ0) is 33.2. The van der Waals surface area contributed by atoms with Crippen molar-refractivity contribution >= 4 is 60.5 Å². The summed E-state index contributed by atoms with van der Waals surface area (Å²) in [6.07, 6.45) is 5.76. The number of nitrogens with zero attached hydrogens (tertiary/aromatic N) is 3. The number of amides is 3. The van der Waals surface area contributed by atoms with Crippen molar-refractivity contribution in [3.05, 3.63) is 59.7 Å². The molecule has 3 amide bonds. The number of urea groups is 1. The molecule has 1 saturated carbocycles. The van der Waals surface area contributed by atoms with Crippen molar-refractivity contribution in [1.82, 2.24) is 5.01 Å². The normalized spacial score (nSPS) is 16.4. The summed E-state index contributed by atoms with van der Waals surface area (Å²) in [5.74, 6) is -2.58. The molecule has 4 rings (SSSR count). The summed E-state index contributed by atoms with van der Waals surface area (Å²) < 4.78 is 52.6. The van der Waals surface area contributed by atoms with E-state index in [4.69, 9.17) is 4.74 Å². The van der Waals surface area contributed by atoms with Gasteiger partial charge in [0.25, 0.3) is 0 Å². The molecule has 45 heavy (non-hydrogen) atoms. The minimum absolute atomic E-state index is 0.0667. The third-order valence-corrected chi connectivity index (χ3v) is 13.3. The zero-order valence-electron chi connectivity index (χ0n) is 25.5. The molecule has 15 heteroatoms. The molecule has 2 aliphatic rings. The van der Waals surface area contributed by atoms with Crippen LogP contribution in [0.5, 0.6) is 0 Å². The van der Waals surface area contributed by atoms with Gasteiger partial charge in [0.15, 0.2) is 25.5 Å². The molecule has 1 N–H and O–H groups in total. The first-order chi connectivity index (χ1) is 21.1. The van der Waals surface area contributed by atoms with Crippen molar-refractivity contribution in [3.63, 3.8) is 0 Å². The zero-order valence-corrected chi connectivity index (χ0v) is 27.1. The second-order valence-corrected chi connectivity index (χ2v) is 16.3. The Balaban J connectivity index is 1.76. The number of hydrogen-bond acceptors (Lipinski definition) is 10. The number of Topliss-reactive ketones (excluding diaryl/α,β-unsaturated/α-hetero) is 1. The number of para-hydroxylation sites is 1. The number of sulfone groups is 2. The number of esters is 1. The van der Waals surface area contributed by atoms with E-state index in [0.29, 0.717) is 23.8 Å². The van der Waals surface area contributed by atoms with Crippen LogP contribution in [0.2, 0.25) is 0 Å². The van der Waals surface area contributed by atoms with E-state index in [1.807, 2.05) is 0 Å². The van der Waals surface area contributed by atoms with Gasteiger partial charge in [0.1, 0.15) is 6.54 Å². The molecule has 1 aliphatic carbocycles. The summed E-state index contributed by atoms with van der Waals surface area (Å²) >= 11 is 0. The van der Waals surface area contributed by atoms with Crippen LogP contribution in [0.1, 0.15) is 54.9 Å². The van der Waals surface area contributed by atoms with Gasteiger partial charge in [-0.2, -0.15) is 5.10 Å². The lowest BCUT2D eigenvalue weighted by atomic mass is 9.83. The molecule has 0 saturated heterocycles. The molecule has 0 aromatic heterocycles. The molecule has 0 unspecified atom stereocenters. The Morgan fingerprint density at radius 3 is 2.22 bits per heavy atom. The van der Waals surface area contributed by atoms with Gasteiger partial charge in [-0.3, -0.25) is 14.5 Å². The Morgan fingerprint density at radius 1 is 0.956 bits per heavy atom. The molecule has 1 fully saturated rings. The monoisotopic (exact) mass is 660 g/mol. The lowest BCUT2D eigenvalue weighted by molar-refractivity contribution is -0.118. The fourth-order valence-electron chi connectivity index (χ4n) is 5.48. The lowest BCUT2D eigenvalue weighted by Gasteiger charge is -2.30. The lowest BCUT2D eigenvalue weighted by Crippen LogP contribution is -2.55. The number of carbonyl (C=O) groups is 4. The van der Waals surface area contributed by atoms with Crippen LogP contribution in [0.15, 0.2) is 53.6 Å². The van der Waals surface area contributed by atoms with Gasteiger partial charge in [0, 0.05) is 29.7 Å². The van der Waals surface area contributed by atoms with Crippen LogP contribution >= 0.6 is 0 Å². The molecule has 0 atom stereocenters. The maximum Gasteiger partial charge on any atom is 0.345 e. The second-order valence-electron chi connectivity index (χ2n) is 11.3. The number of carbonyl (C=O) groups excluding carboxylic acids is 4. The largest absolute Gasteiger partial charge is 0.465 e. The Labute approximate surface area is 262 Å². The van der Waals surface area contributed by atoms with Crippen molar-refractivity contribution in [2.75, 3.05) is 42.9 Å². The first-order valence-corrected chi connectivity index (χ1v) is 18.0. The molecular weight excluding hydrogens is 624 g/mol. The minimum Gasteiger partial charge on any atom is -0.465 e. The van der Waals surface area contributed by atoms with E-state index in [-0.39, 0.29) is 22.9 Å². The van der Waals surface area contributed by atoms with Crippen molar-refractivity contribution in [3.8, 4) is 0 Å². The summed E-state index contributed by atoms with van der Waals surface area (Å²) in [4.78, 5) is 53.9. The summed E-state index contributed by atoms with van der Waals surface area (Å²) in [5.41, 5.74) is 1.73. The van der Waals surface area contributed by atoms with E-state index >= 15 is 0 Å². The number of anilines is 2. The fraction of sp³-hybridized carbons (Fsp3) is 0.433. The first-order valence-electron chi connectivity index (χ1n) is 14.3. The highest BCUT2D eigenvalue weighted by Gasteiger charge is 2.53. The quantitative estimate of drug-likeness (QED) is 0.375. The van der Waals surface area contributed by atoms with Gasteiger partial charge < -0.3 is 10.1 Å². The van der Waals surface area contributed by atoms with E-state index in [2.05, 4.69) is 10.4 Å². The number of benzene rings is 2. The van der Waals surface area contributed by atoms with E-state index in [0.717, 1.165) is 48.9 Å². The fourth-order valence-corrected chi connectivity index (χ4v) is 8.64. The minimum atomic E-state index is -4.50. The van der Waals surface area contributed by atoms with Gasteiger partial charge >= 0.3 is 12.0 Å². The molecule has 1 aliphatic heterocycles. The predicted molar refractivity (Wildman–Crippen MR) is 169 cm³/mol. The molecule has 13 nitrogen and oxygen atoms in total. The van der Waals surface area contributed by atoms with Crippen LogP contribution in [0.25, 0.3) is 0 Å². The number of rotatable bonds is 10. The number of methoxy groups -OCH3 is 1. The molecule has 0 spiro atoms. The third kappa shape index (κ3) is 6.93. The number of ketones is 1. The van der Waals surface area contributed by atoms with E-state index in [1.54, 1.807) is 36.4 Å². The Morgan fingerprint density at radius 2 is 1.60 bits per heavy atom. The molecule has 242 valence electrons. The number of ether oxygens (including phenoxy) is 1. The van der Waals surface area contributed by atoms with Gasteiger partial charge in [-0.15, -0.1) is 0 Å². The molecule has 2 aromatic rings. The summed E-state index contributed by atoms with van der Waals surface area (Å²) in [6.45, 7) is -0.712. The third-order valence-electron chi connectivity index (χ3n) is 8.23. The first kappa shape index (κ1) is 33.8. The molecule has 2 aromatic carbocycles. The Kier molecular flexibility index (Phi) is 9.82. The van der Waals surface area contributed by atoms with Crippen molar-refractivity contribution in [2.24, 2.45) is 11.0 Å². The summed E-state index contributed by atoms with van der Waals surface area (Å²) in [6, 6.07) is 11.7. The summed E-state index contributed by atoms with van der Waals surface area (Å²) in [5, 5.41) is 8.18. The molecule has 0 bridgehead atoms. The van der Waals surface area contributed by atoms with E-state index < -0.39 is 60.5 Å². The van der Waals surface area contributed by atoms with Crippen LogP contribution < -0.4 is 10.2 Å². The second kappa shape index (κ2) is 13.1. The van der Waals surface area contributed by atoms with Crippen LogP contribution in [-0.2, 0) is 34.0 Å². The smallest absolute Gasteiger partial charge is 0.345 e. The highest BCUT2D eigenvalue weighted by atomic mass is 32.3. The highest BCUT2D eigenvalue weighted by Crippen LogP contribution is 2.35. The van der Waals surface area contributed by atoms with Crippen molar-refractivity contribution in [1.29, 1.82) is 0 Å². The maximum atomic E-state index is 14.1. The van der Waals surface area contributed by atoms with Gasteiger partial charge in [-0.25, -0.2) is 31.4 Å². The average molecular weight is 661 g/mol. The topological polar surface area (TPSA) is 177 Å². The van der Waals surface area contributed by atoms with Gasteiger partial charge in [-0.1, -0.05) is 43.5 Å². The summed E-state index contributed by atoms with van der Waals surface area (Å²) in [7, 11) is -7.77. The highest BCUT2D eigenvalue weighted by molar-refractivity contribution is 8.10. The molecule has 1 heterocycles. The van der Waals surface area contributed by atoms with E-state index in [9.17, 15) is 36.0 Å². The SMILES string of the molecule is COC(=O)c1cccc(NC(=O)CN2N=C(C3CCCCC3)c3ccccc3N(CC(=O)C(C)(S(C)(=O)=O)S(C)(=O)=O)C2=O)c1. The van der Waals surface area contributed by atoms with E-state index in [1.165, 1.54) is 19.2 Å². The van der Waals surface area contributed by atoms with Crippen LogP contribution in [-0.4, -0.2) is 88.0 Å². The molecular formula is C30H36N4O9S2. The van der Waals surface area contributed by atoms with Gasteiger partial charge in [0.2, 0.25) is 9.99 Å². The predicted octanol–water partition coefficient (Wildman–Crippen LogP) is 3.01. The van der Waals surface area contributed by atoms with Crippen molar-refractivity contribution in [2.45, 2.75) is 43.1 Å². The van der Waals surface area contributed by atoms with Gasteiger partial charge in [0.05, 0.1) is 30.6 Å². The number of hydrazone groups is 1. The van der Waals surface area contributed by atoms with Crippen LogP contribution in [0.4, 0.5) is 16.2 Å². The van der Waals surface area contributed by atoms with Gasteiger partial charge in [-0.05, 0) is 44.0 Å². The number of fused-ring (bicyclic) bond motifs is 1.